The molecule has 0 saturated heterocycles. The number of anilines is 1. The average molecular weight is 300 g/mol. The van der Waals surface area contributed by atoms with E-state index in [1.807, 2.05) is 18.2 Å². The molecule has 0 radical (unpaired) electrons. The normalized spacial score (nSPS) is 13.1. The summed E-state index contributed by atoms with van der Waals surface area (Å²) in [5.41, 5.74) is 0. The number of hydrogen-bond donors (Lipinski definition) is 1. The van der Waals surface area contributed by atoms with Crippen LogP contribution in [0.3, 0.4) is 0 Å². The van der Waals surface area contributed by atoms with E-state index >= 15 is 0 Å². The van der Waals surface area contributed by atoms with Crippen molar-refractivity contribution < 1.29 is 0 Å². The maximum atomic E-state index is 4.41. The molecule has 17 heavy (non-hydrogen) atoms. The van der Waals surface area contributed by atoms with Gasteiger partial charge in [0.1, 0.15) is 10.4 Å². The van der Waals surface area contributed by atoms with E-state index in [1.165, 1.54) is 0 Å². The van der Waals surface area contributed by atoms with E-state index in [0.29, 0.717) is 12.0 Å². The van der Waals surface area contributed by atoms with E-state index in [1.54, 1.807) is 0 Å². The Hall–Kier alpha value is -0.610. The molecule has 0 spiro atoms. The topological polar surface area (TPSA) is 28.2 Å². The van der Waals surface area contributed by atoms with Crippen LogP contribution in [0, 0.1) is 5.92 Å². The van der Waals surface area contributed by atoms with Crippen molar-refractivity contribution in [3.05, 3.63) is 22.8 Å². The zero-order valence-corrected chi connectivity index (χ0v) is 12.7. The third-order valence-electron chi connectivity index (χ3n) is 2.41. The summed E-state index contributed by atoms with van der Waals surface area (Å²) in [5.74, 6) is 1.62. The Balaban J connectivity index is 2.64. The van der Waals surface area contributed by atoms with Crippen molar-refractivity contribution in [2.75, 3.05) is 26.0 Å². The molecule has 1 unspecified atom stereocenters. The largest absolute Gasteiger partial charge is 0.366 e. The molecule has 0 aliphatic rings. The van der Waals surface area contributed by atoms with Gasteiger partial charge in [0.15, 0.2) is 0 Å². The molecule has 0 aliphatic carbocycles. The summed E-state index contributed by atoms with van der Waals surface area (Å²) in [4.78, 5) is 6.62. The molecule has 0 bridgehead atoms. The van der Waals surface area contributed by atoms with Crippen molar-refractivity contribution in [2.24, 2.45) is 5.92 Å². The first-order valence-electron chi connectivity index (χ1n) is 6.01. The second kappa shape index (κ2) is 6.97. The number of nitrogens with one attached hydrogen (secondary N) is 1. The molecular formula is C13H22BrN3. The molecular weight excluding hydrogens is 278 g/mol. The summed E-state index contributed by atoms with van der Waals surface area (Å²) in [6, 6.07) is 6.39. The summed E-state index contributed by atoms with van der Waals surface area (Å²) >= 11 is 3.39. The highest BCUT2D eigenvalue weighted by Gasteiger charge is 2.12. The predicted molar refractivity (Wildman–Crippen MR) is 77.4 cm³/mol. The monoisotopic (exact) mass is 299 g/mol. The molecule has 0 fully saturated rings. The molecule has 0 aliphatic heterocycles. The van der Waals surface area contributed by atoms with Crippen molar-refractivity contribution in [1.82, 2.24) is 9.88 Å². The maximum Gasteiger partial charge on any atom is 0.127 e. The van der Waals surface area contributed by atoms with Gasteiger partial charge < -0.3 is 10.2 Å². The van der Waals surface area contributed by atoms with Gasteiger partial charge in [0, 0.05) is 12.6 Å². The highest BCUT2D eigenvalue weighted by Crippen LogP contribution is 2.14. The lowest BCUT2D eigenvalue weighted by molar-refractivity contribution is 0.356. The van der Waals surface area contributed by atoms with Gasteiger partial charge in [-0.3, -0.25) is 0 Å². The summed E-state index contributed by atoms with van der Waals surface area (Å²) < 4.78 is 0.871. The second-order valence-electron chi connectivity index (χ2n) is 5.08. The van der Waals surface area contributed by atoms with Crippen LogP contribution < -0.4 is 5.32 Å². The lowest BCUT2D eigenvalue weighted by Gasteiger charge is -2.24. The van der Waals surface area contributed by atoms with Gasteiger partial charge in [0.25, 0.3) is 0 Å². The Kier molecular flexibility index (Phi) is 5.92. The van der Waals surface area contributed by atoms with Gasteiger partial charge in [0.05, 0.1) is 0 Å². The molecule has 1 N–H and O–H groups in total. The Bertz CT molecular complexity index is 329. The Morgan fingerprint density at radius 1 is 1.35 bits per heavy atom. The maximum absolute atomic E-state index is 4.41. The first kappa shape index (κ1) is 14.5. The molecule has 0 amide bonds. The molecule has 0 saturated carbocycles. The van der Waals surface area contributed by atoms with E-state index in [4.69, 9.17) is 0 Å². The van der Waals surface area contributed by atoms with Gasteiger partial charge in [-0.2, -0.15) is 0 Å². The summed E-state index contributed by atoms with van der Waals surface area (Å²) in [6.45, 7) is 5.52. The number of pyridine rings is 1. The Morgan fingerprint density at radius 3 is 2.59 bits per heavy atom. The summed E-state index contributed by atoms with van der Waals surface area (Å²) in [7, 11) is 4.20. The number of likely N-dealkylation sites (N-methyl/N-ethyl adjacent to an activating group) is 1. The van der Waals surface area contributed by atoms with E-state index in [9.17, 15) is 0 Å². The minimum absolute atomic E-state index is 0.437. The zero-order valence-electron chi connectivity index (χ0n) is 11.1. The lowest BCUT2D eigenvalue weighted by atomic mass is 10.0. The molecule has 96 valence electrons. The highest BCUT2D eigenvalue weighted by molar-refractivity contribution is 9.10. The highest BCUT2D eigenvalue weighted by atomic mass is 79.9. The van der Waals surface area contributed by atoms with Crippen molar-refractivity contribution in [1.29, 1.82) is 0 Å². The summed E-state index contributed by atoms with van der Waals surface area (Å²) in [5, 5.41) is 3.50. The van der Waals surface area contributed by atoms with Crippen LogP contribution in [0.15, 0.2) is 22.8 Å². The van der Waals surface area contributed by atoms with Crippen LogP contribution in [-0.2, 0) is 0 Å². The molecule has 1 rings (SSSR count). The number of hydrogen-bond acceptors (Lipinski definition) is 3. The van der Waals surface area contributed by atoms with Crippen molar-refractivity contribution >= 4 is 21.7 Å². The first-order chi connectivity index (χ1) is 7.97. The van der Waals surface area contributed by atoms with E-state index < -0.39 is 0 Å². The van der Waals surface area contributed by atoms with Crippen LogP contribution in [0.5, 0.6) is 0 Å². The number of nitrogens with zero attached hydrogens (tertiary/aromatic N) is 2. The second-order valence-corrected chi connectivity index (χ2v) is 5.89. The number of rotatable bonds is 6. The molecule has 1 atom stereocenters. The Morgan fingerprint density at radius 2 is 2.06 bits per heavy atom. The molecule has 1 aromatic rings. The van der Waals surface area contributed by atoms with Crippen LogP contribution in [0.2, 0.25) is 0 Å². The zero-order chi connectivity index (χ0) is 12.8. The van der Waals surface area contributed by atoms with Gasteiger partial charge in [-0.25, -0.2) is 4.98 Å². The standard InChI is InChI=1S/C13H22BrN3/c1-10(2)8-11(9-17(3)4)15-13-7-5-6-12(14)16-13/h5-7,10-11H,8-9H2,1-4H3,(H,15,16). The summed E-state index contributed by atoms with van der Waals surface area (Å²) in [6.07, 6.45) is 1.15. The SMILES string of the molecule is CC(C)CC(CN(C)C)Nc1cccc(Br)n1. The minimum atomic E-state index is 0.437. The van der Waals surface area contributed by atoms with Crippen molar-refractivity contribution in [3.8, 4) is 0 Å². The van der Waals surface area contributed by atoms with E-state index in [0.717, 1.165) is 23.4 Å². The third-order valence-corrected chi connectivity index (χ3v) is 2.85. The molecule has 3 nitrogen and oxygen atoms in total. The fourth-order valence-corrected chi connectivity index (χ4v) is 2.23. The lowest BCUT2D eigenvalue weighted by Crippen LogP contribution is -2.33. The van der Waals surface area contributed by atoms with Crippen molar-refractivity contribution in [3.63, 3.8) is 0 Å². The minimum Gasteiger partial charge on any atom is -0.366 e. The van der Waals surface area contributed by atoms with Crippen LogP contribution in [-0.4, -0.2) is 36.6 Å². The van der Waals surface area contributed by atoms with Crippen LogP contribution in [0.4, 0.5) is 5.82 Å². The van der Waals surface area contributed by atoms with Gasteiger partial charge in [0.2, 0.25) is 0 Å². The Labute approximate surface area is 113 Å². The quantitative estimate of drug-likeness (QED) is 0.818. The van der Waals surface area contributed by atoms with Crippen LogP contribution in [0.1, 0.15) is 20.3 Å². The average Bonchev–Trinajstić information content (AvgIpc) is 2.14. The van der Waals surface area contributed by atoms with Crippen LogP contribution >= 0.6 is 15.9 Å². The van der Waals surface area contributed by atoms with Gasteiger partial charge >= 0.3 is 0 Å². The van der Waals surface area contributed by atoms with Crippen molar-refractivity contribution in [2.45, 2.75) is 26.3 Å². The molecule has 0 aromatic carbocycles. The van der Waals surface area contributed by atoms with Gasteiger partial charge in [-0.15, -0.1) is 0 Å². The fraction of sp³-hybridized carbons (Fsp3) is 0.615. The van der Waals surface area contributed by atoms with Gasteiger partial charge in [-0.05, 0) is 54.5 Å². The smallest absolute Gasteiger partial charge is 0.127 e. The van der Waals surface area contributed by atoms with E-state index in [-0.39, 0.29) is 0 Å². The predicted octanol–water partition coefficient (Wildman–Crippen LogP) is 3.23. The fourth-order valence-electron chi connectivity index (χ4n) is 1.89. The molecule has 1 aromatic heterocycles. The van der Waals surface area contributed by atoms with Crippen LogP contribution in [0.25, 0.3) is 0 Å². The number of aromatic nitrogens is 1. The first-order valence-corrected chi connectivity index (χ1v) is 6.80. The molecule has 1 heterocycles. The third kappa shape index (κ3) is 6.03. The van der Waals surface area contributed by atoms with E-state index in [2.05, 4.69) is 59.1 Å². The molecule has 4 heteroatoms. The van der Waals surface area contributed by atoms with Gasteiger partial charge in [-0.1, -0.05) is 19.9 Å². The number of halogens is 1.